The van der Waals surface area contributed by atoms with Crippen molar-refractivity contribution >= 4 is 11.3 Å². The van der Waals surface area contributed by atoms with Gasteiger partial charge in [0.15, 0.2) is 0 Å². The van der Waals surface area contributed by atoms with Gasteiger partial charge in [0.25, 0.3) is 0 Å². The Morgan fingerprint density at radius 2 is 1.12 bits per heavy atom. The first-order chi connectivity index (χ1) is 12.1. The predicted molar refractivity (Wildman–Crippen MR) is 99.7 cm³/mol. The topological polar surface area (TPSA) is 58.9 Å². The molecule has 2 aliphatic carbocycles. The molecule has 2 atom stereocenters. The number of aliphatic hydroxyl groups excluding tert-OH is 2. The Morgan fingerprint density at radius 1 is 0.760 bits per heavy atom. The standard InChI is InChI=1S/C20H32O4S/c1-23-15-7-3-13(4-8-15)19(21)17-11-12-18(25-17)20(22)14-5-9-16(24-2)10-6-14/h11-16,19-22H,3-10H2,1-2H3. The molecule has 3 rings (SSSR count). The van der Waals surface area contributed by atoms with E-state index in [2.05, 4.69) is 0 Å². The van der Waals surface area contributed by atoms with Crippen LogP contribution in [0.25, 0.3) is 0 Å². The van der Waals surface area contributed by atoms with Gasteiger partial charge in [0.1, 0.15) is 0 Å². The van der Waals surface area contributed by atoms with Crippen LogP contribution >= 0.6 is 11.3 Å². The molecule has 1 aromatic heterocycles. The molecule has 2 N–H and O–H groups in total. The van der Waals surface area contributed by atoms with Crippen LogP contribution in [0.5, 0.6) is 0 Å². The number of thiophene rings is 1. The Labute approximate surface area is 155 Å². The molecular weight excluding hydrogens is 336 g/mol. The highest BCUT2D eigenvalue weighted by Gasteiger charge is 2.31. The van der Waals surface area contributed by atoms with Gasteiger partial charge in [-0.1, -0.05) is 0 Å². The SMILES string of the molecule is COC1CCC(C(O)c2ccc(C(O)C3CCC(OC)CC3)s2)CC1. The third-order valence-corrected chi connectivity index (χ3v) is 7.45. The van der Waals surface area contributed by atoms with Crippen molar-refractivity contribution in [3.8, 4) is 0 Å². The summed E-state index contributed by atoms with van der Waals surface area (Å²) in [4.78, 5) is 2.00. The number of rotatable bonds is 6. The van der Waals surface area contributed by atoms with Crippen molar-refractivity contribution in [3.63, 3.8) is 0 Å². The first-order valence-corrected chi connectivity index (χ1v) is 10.4. The summed E-state index contributed by atoms with van der Waals surface area (Å²) < 4.78 is 10.8. The molecule has 2 aliphatic rings. The maximum atomic E-state index is 10.7. The molecule has 25 heavy (non-hydrogen) atoms. The molecule has 1 aromatic rings. The van der Waals surface area contributed by atoms with Gasteiger partial charge in [-0.15, -0.1) is 11.3 Å². The van der Waals surface area contributed by atoms with E-state index in [1.807, 2.05) is 12.1 Å². The first-order valence-electron chi connectivity index (χ1n) is 9.63. The fraction of sp³-hybridized carbons (Fsp3) is 0.800. The molecule has 0 bridgehead atoms. The summed E-state index contributed by atoms with van der Waals surface area (Å²) in [5.74, 6) is 0.624. The van der Waals surface area contributed by atoms with Crippen molar-refractivity contribution in [1.82, 2.24) is 0 Å². The molecule has 0 saturated heterocycles. The van der Waals surface area contributed by atoms with Crippen LogP contribution in [0, 0.1) is 11.8 Å². The van der Waals surface area contributed by atoms with Gasteiger partial charge in [0.05, 0.1) is 24.4 Å². The van der Waals surface area contributed by atoms with E-state index in [1.54, 1.807) is 25.6 Å². The van der Waals surface area contributed by atoms with Crippen molar-refractivity contribution in [1.29, 1.82) is 0 Å². The summed E-state index contributed by atoms with van der Waals surface area (Å²) >= 11 is 1.59. The Bertz CT molecular complexity index is 471. The minimum absolute atomic E-state index is 0.312. The van der Waals surface area contributed by atoms with Crippen LogP contribution in [0.4, 0.5) is 0 Å². The van der Waals surface area contributed by atoms with Crippen LogP contribution in [-0.2, 0) is 9.47 Å². The second kappa shape index (κ2) is 8.96. The van der Waals surface area contributed by atoms with Gasteiger partial charge in [-0.3, -0.25) is 0 Å². The molecule has 4 nitrogen and oxygen atoms in total. The van der Waals surface area contributed by atoms with Crippen molar-refractivity contribution in [3.05, 3.63) is 21.9 Å². The summed E-state index contributed by atoms with van der Waals surface area (Å²) in [6, 6.07) is 4.02. The minimum atomic E-state index is -0.409. The van der Waals surface area contributed by atoms with Gasteiger partial charge in [-0.05, 0) is 75.3 Å². The smallest absolute Gasteiger partial charge is 0.0910 e. The minimum Gasteiger partial charge on any atom is -0.387 e. The molecule has 2 saturated carbocycles. The van der Waals surface area contributed by atoms with E-state index in [1.165, 1.54) is 0 Å². The Hall–Kier alpha value is -0.460. The molecule has 1 heterocycles. The van der Waals surface area contributed by atoms with E-state index in [-0.39, 0.29) is 0 Å². The maximum Gasteiger partial charge on any atom is 0.0910 e. The average Bonchev–Trinajstić information content (AvgIpc) is 3.17. The van der Waals surface area contributed by atoms with Gasteiger partial charge >= 0.3 is 0 Å². The van der Waals surface area contributed by atoms with Crippen molar-refractivity contribution in [2.45, 2.75) is 75.8 Å². The lowest BCUT2D eigenvalue weighted by Gasteiger charge is -2.31. The maximum absolute atomic E-state index is 10.7. The zero-order valence-electron chi connectivity index (χ0n) is 15.4. The highest BCUT2D eigenvalue weighted by atomic mass is 32.1. The quantitative estimate of drug-likeness (QED) is 0.789. The number of methoxy groups -OCH3 is 2. The van der Waals surface area contributed by atoms with Gasteiger partial charge in [0, 0.05) is 24.0 Å². The Kier molecular flexibility index (Phi) is 6.92. The number of hydrogen-bond acceptors (Lipinski definition) is 5. The van der Waals surface area contributed by atoms with Gasteiger partial charge < -0.3 is 19.7 Å². The summed E-state index contributed by atoms with van der Waals surface area (Å²) in [5.41, 5.74) is 0. The zero-order valence-corrected chi connectivity index (χ0v) is 16.2. The van der Waals surface area contributed by atoms with Gasteiger partial charge in [-0.25, -0.2) is 0 Å². The molecule has 142 valence electrons. The van der Waals surface area contributed by atoms with Gasteiger partial charge in [-0.2, -0.15) is 0 Å². The van der Waals surface area contributed by atoms with Crippen molar-refractivity contribution in [2.75, 3.05) is 14.2 Å². The molecule has 2 unspecified atom stereocenters. The third-order valence-electron chi connectivity index (χ3n) is 6.23. The highest BCUT2D eigenvalue weighted by Crippen LogP contribution is 2.41. The van der Waals surface area contributed by atoms with E-state index in [0.717, 1.165) is 61.1 Å². The van der Waals surface area contributed by atoms with E-state index >= 15 is 0 Å². The lowest BCUT2D eigenvalue weighted by molar-refractivity contribution is 0.0194. The van der Waals surface area contributed by atoms with Crippen LogP contribution in [0.1, 0.15) is 73.3 Å². The van der Waals surface area contributed by atoms with E-state index in [4.69, 9.17) is 9.47 Å². The van der Waals surface area contributed by atoms with E-state index in [0.29, 0.717) is 24.0 Å². The summed E-state index contributed by atoms with van der Waals surface area (Å²) in [7, 11) is 3.54. The molecule has 0 aromatic carbocycles. The molecular formula is C20H32O4S. The number of ether oxygens (including phenoxy) is 2. The molecule has 0 radical (unpaired) electrons. The highest BCUT2D eigenvalue weighted by molar-refractivity contribution is 7.12. The van der Waals surface area contributed by atoms with Crippen molar-refractivity contribution in [2.24, 2.45) is 11.8 Å². The lowest BCUT2D eigenvalue weighted by atomic mass is 9.83. The van der Waals surface area contributed by atoms with Gasteiger partial charge in [0.2, 0.25) is 0 Å². The first kappa shape index (κ1) is 19.3. The van der Waals surface area contributed by atoms with Crippen LogP contribution in [-0.4, -0.2) is 36.6 Å². The summed E-state index contributed by atoms with van der Waals surface area (Å²) in [6.45, 7) is 0. The van der Waals surface area contributed by atoms with E-state index in [9.17, 15) is 10.2 Å². The summed E-state index contributed by atoms with van der Waals surface area (Å²) in [6.07, 6.45) is 8.05. The van der Waals surface area contributed by atoms with Crippen LogP contribution in [0.15, 0.2) is 12.1 Å². The molecule has 0 amide bonds. The molecule has 2 fully saturated rings. The fourth-order valence-corrected chi connectivity index (χ4v) is 5.60. The zero-order chi connectivity index (χ0) is 17.8. The Morgan fingerprint density at radius 3 is 1.44 bits per heavy atom. The summed E-state index contributed by atoms with van der Waals surface area (Å²) in [5, 5.41) is 21.5. The normalized spacial score (nSPS) is 33.1. The second-order valence-electron chi connectivity index (χ2n) is 7.67. The second-order valence-corrected chi connectivity index (χ2v) is 8.82. The van der Waals surface area contributed by atoms with Crippen LogP contribution in [0.3, 0.4) is 0 Å². The number of hydrogen-bond donors (Lipinski definition) is 2. The van der Waals surface area contributed by atoms with Crippen molar-refractivity contribution < 1.29 is 19.7 Å². The van der Waals surface area contributed by atoms with Crippen LogP contribution < -0.4 is 0 Å². The number of aliphatic hydroxyl groups is 2. The van der Waals surface area contributed by atoms with Crippen LogP contribution in [0.2, 0.25) is 0 Å². The van der Waals surface area contributed by atoms with E-state index < -0.39 is 12.2 Å². The average molecular weight is 369 g/mol. The lowest BCUT2D eigenvalue weighted by Crippen LogP contribution is -2.24. The Balaban J connectivity index is 1.56. The molecule has 0 spiro atoms. The predicted octanol–water partition coefficient (Wildman–Crippen LogP) is 4.23. The monoisotopic (exact) mass is 368 g/mol. The fourth-order valence-electron chi connectivity index (χ4n) is 4.43. The largest absolute Gasteiger partial charge is 0.387 e. The molecule has 0 aliphatic heterocycles. The molecule has 5 heteroatoms. The third kappa shape index (κ3) is 4.64.